The second-order valence-electron chi connectivity index (χ2n) is 3.35. The first-order valence-electron chi connectivity index (χ1n) is 5.03. The lowest BCUT2D eigenvalue weighted by atomic mass is 10.1. The van der Waals surface area contributed by atoms with Gasteiger partial charge in [-0.05, 0) is 18.2 Å². The molecular formula is C13H11N3O. The van der Waals surface area contributed by atoms with Crippen molar-refractivity contribution in [2.75, 3.05) is 0 Å². The maximum Gasteiger partial charge on any atom is 0.149 e. The average molecular weight is 225 g/mol. The van der Waals surface area contributed by atoms with Crippen molar-refractivity contribution in [2.24, 2.45) is 15.0 Å². The van der Waals surface area contributed by atoms with E-state index in [0.29, 0.717) is 5.69 Å². The first-order chi connectivity index (χ1) is 8.33. The third kappa shape index (κ3) is 2.36. The van der Waals surface area contributed by atoms with Crippen LogP contribution in [0.1, 0.15) is 0 Å². The number of hydrogen-bond donors (Lipinski definition) is 1. The van der Waals surface area contributed by atoms with Crippen LogP contribution in [0, 0.1) is 0 Å². The number of rotatable bonds is 3. The van der Waals surface area contributed by atoms with E-state index in [-0.39, 0.29) is 5.75 Å². The van der Waals surface area contributed by atoms with Crippen LogP contribution in [0.5, 0.6) is 5.75 Å². The smallest absolute Gasteiger partial charge is 0.149 e. The minimum absolute atomic E-state index is 0.154. The molecule has 1 N–H and O–H groups in total. The zero-order valence-electron chi connectivity index (χ0n) is 9.11. The molecule has 0 unspecified atom stereocenters. The Balaban J connectivity index is 2.42. The summed E-state index contributed by atoms with van der Waals surface area (Å²) in [5, 5.41) is 11.7. The number of benzene rings is 2. The Morgan fingerprint density at radius 3 is 2.71 bits per heavy atom. The van der Waals surface area contributed by atoms with Gasteiger partial charge in [-0.2, -0.15) is 0 Å². The lowest BCUT2D eigenvalue weighted by Gasteiger charge is -2.02. The Labute approximate surface area is 98.7 Å². The molecule has 0 aromatic heterocycles. The molecule has 2 aromatic carbocycles. The molecule has 0 atom stereocenters. The lowest BCUT2D eigenvalue weighted by Crippen LogP contribution is -1.75. The van der Waals surface area contributed by atoms with Crippen LogP contribution < -0.4 is 0 Å². The summed E-state index contributed by atoms with van der Waals surface area (Å²) in [5.74, 6) is 0.154. The van der Waals surface area contributed by atoms with Crippen molar-refractivity contribution in [3.05, 3.63) is 36.4 Å². The molecule has 2 aromatic rings. The van der Waals surface area contributed by atoms with Crippen molar-refractivity contribution < 1.29 is 5.11 Å². The van der Waals surface area contributed by atoms with Gasteiger partial charge in [-0.3, -0.25) is 4.99 Å². The van der Waals surface area contributed by atoms with Crippen LogP contribution in [-0.4, -0.2) is 24.5 Å². The van der Waals surface area contributed by atoms with Gasteiger partial charge in [0, 0.05) is 5.39 Å². The summed E-state index contributed by atoms with van der Waals surface area (Å²) in [6.45, 7) is 3.25. The molecule has 0 saturated heterocycles. The predicted octanol–water partition coefficient (Wildman–Crippen LogP) is 2.93. The average Bonchev–Trinajstić information content (AvgIpc) is 2.37. The molecule has 0 saturated carbocycles. The maximum atomic E-state index is 10.0. The van der Waals surface area contributed by atoms with Crippen molar-refractivity contribution >= 4 is 35.9 Å². The fraction of sp³-hybridized carbons (Fsp3) is 0. The van der Waals surface area contributed by atoms with E-state index in [0.717, 1.165) is 10.8 Å². The van der Waals surface area contributed by atoms with Crippen molar-refractivity contribution in [3.63, 3.8) is 0 Å². The van der Waals surface area contributed by atoms with E-state index in [1.807, 2.05) is 30.3 Å². The summed E-state index contributed by atoms with van der Waals surface area (Å²) < 4.78 is 0. The molecule has 0 heterocycles. The minimum atomic E-state index is 0.154. The number of phenolic OH excluding ortho intramolecular Hbond substituents is 1. The van der Waals surface area contributed by atoms with Gasteiger partial charge >= 0.3 is 0 Å². The van der Waals surface area contributed by atoms with E-state index in [9.17, 15) is 5.11 Å². The van der Waals surface area contributed by atoms with E-state index in [1.54, 1.807) is 6.07 Å². The highest BCUT2D eigenvalue weighted by Gasteiger charge is 2.03. The molecule has 4 nitrogen and oxygen atoms in total. The van der Waals surface area contributed by atoms with Crippen LogP contribution in [0.2, 0.25) is 0 Å². The lowest BCUT2D eigenvalue weighted by molar-refractivity contribution is 0.483. The van der Waals surface area contributed by atoms with Gasteiger partial charge in [0.15, 0.2) is 0 Å². The van der Waals surface area contributed by atoms with Gasteiger partial charge in [-0.25, -0.2) is 9.98 Å². The Morgan fingerprint density at radius 1 is 1.06 bits per heavy atom. The van der Waals surface area contributed by atoms with Crippen molar-refractivity contribution in [1.82, 2.24) is 0 Å². The van der Waals surface area contributed by atoms with Gasteiger partial charge in [-0.15, -0.1) is 0 Å². The number of hydrogen-bond acceptors (Lipinski definition) is 2. The molecule has 0 bridgehead atoms. The Kier molecular flexibility index (Phi) is 3.25. The van der Waals surface area contributed by atoms with Gasteiger partial charge in [0.1, 0.15) is 24.1 Å². The van der Waals surface area contributed by atoms with Crippen LogP contribution >= 0.6 is 0 Å². The molecular weight excluding hydrogens is 214 g/mol. The predicted molar refractivity (Wildman–Crippen MR) is 71.8 cm³/mol. The van der Waals surface area contributed by atoms with E-state index in [2.05, 4.69) is 21.7 Å². The number of aromatic hydroxyl groups is 1. The molecule has 0 aliphatic heterocycles. The number of fused-ring (bicyclic) bond motifs is 1. The molecule has 0 aliphatic carbocycles. The van der Waals surface area contributed by atoms with Gasteiger partial charge in [0.25, 0.3) is 0 Å². The second kappa shape index (κ2) is 5.03. The van der Waals surface area contributed by atoms with Crippen LogP contribution in [0.4, 0.5) is 5.69 Å². The summed E-state index contributed by atoms with van der Waals surface area (Å²) in [7, 11) is 0. The Morgan fingerprint density at radius 2 is 1.88 bits per heavy atom. The van der Waals surface area contributed by atoms with Crippen molar-refractivity contribution in [1.29, 1.82) is 0 Å². The van der Waals surface area contributed by atoms with Crippen LogP contribution in [0.15, 0.2) is 51.4 Å². The van der Waals surface area contributed by atoms with Gasteiger partial charge < -0.3 is 5.11 Å². The molecule has 84 valence electrons. The Hall–Kier alpha value is -2.49. The molecule has 0 spiro atoms. The second-order valence-corrected chi connectivity index (χ2v) is 3.35. The summed E-state index contributed by atoms with van der Waals surface area (Å²) in [5.41, 5.74) is 0.477. The van der Waals surface area contributed by atoms with Crippen LogP contribution in [0.3, 0.4) is 0 Å². The summed E-state index contributed by atoms with van der Waals surface area (Å²) in [6, 6.07) is 11.2. The van der Waals surface area contributed by atoms with Gasteiger partial charge in [0.05, 0.1) is 0 Å². The van der Waals surface area contributed by atoms with Crippen LogP contribution in [-0.2, 0) is 0 Å². The molecule has 0 amide bonds. The highest BCUT2D eigenvalue weighted by Crippen LogP contribution is 2.34. The van der Waals surface area contributed by atoms with Gasteiger partial charge in [-0.1, -0.05) is 30.3 Å². The fourth-order valence-corrected chi connectivity index (χ4v) is 1.52. The van der Waals surface area contributed by atoms with Gasteiger partial charge in [0.2, 0.25) is 0 Å². The first kappa shape index (κ1) is 11.0. The molecule has 2 rings (SSSR count). The third-order valence-corrected chi connectivity index (χ3v) is 2.29. The Bertz CT molecular complexity index is 603. The molecule has 0 aliphatic rings. The monoisotopic (exact) mass is 225 g/mol. The summed E-state index contributed by atoms with van der Waals surface area (Å²) in [6.07, 6.45) is 2.60. The third-order valence-electron chi connectivity index (χ3n) is 2.29. The quantitative estimate of drug-likeness (QED) is 0.633. The highest BCUT2D eigenvalue weighted by molar-refractivity contribution is 5.93. The standard InChI is InChI=1S/C13H11N3O/c1-14-8-15-9-16-12-7-6-10-4-2-3-5-11(10)13(12)17/h2-9,17H,1H2. The maximum absolute atomic E-state index is 10.0. The highest BCUT2D eigenvalue weighted by atomic mass is 16.3. The number of nitrogens with zero attached hydrogens (tertiary/aromatic N) is 3. The van der Waals surface area contributed by atoms with E-state index < -0.39 is 0 Å². The molecule has 0 radical (unpaired) electrons. The van der Waals surface area contributed by atoms with E-state index >= 15 is 0 Å². The summed E-state index contributed by atoms with van der Waals surface area (Å²) >= 11 is 0. The topological polar surface area (TPSA) is 57.3 Å². The SMILES string of the molecule is C=NC=NC=Nc1ccc2ccccc2c1O. The zero-order chi connectivity index (χ0) is 12.1. The first-order valence-corrected chi connectivity index (χ1v) is 5.03. The largest absolute Gasteiger partial charge is 0.505 e. The van der Waals surface area contributed by atoms with Crippen molar-refractivity contribution in [2.45, 2.75) is 0 Å². The van der Waals surface area contributed by atoms with Crippen molar-refractivity contribution in [3.8, 4) is 5.75 Å². The summed E-state index contributed by atoms with van der Waals surface area (Å²) in [4.78, 5) is 11.2. The fourth-order valence-electron chi connectivity index (χ4n) is 1.52. The zero-order valence-corrected chi connectivity index (χ0v) is 9.11. The van der Waals surface area contributed by atoms with E-state index in [1.165, 1.54) is 12.7 Å². The molecule has 0 fully saturated rings. The van der Waals surface area contributed by atoms with E-state index in [4.69, 9.17) is 0 Å². The number of phenols is 1. The molecule has 17 heavy (non-hydrogen) atoms. The normalized spacial score (nSPS) is 11.5. The number of aliphatic imine (C=N–C) groups is 3. The molecule has 4 heteroatoms. The minimum Gasteiger partial charge on any atom is -0.505 e. The van der Waals surface area contributed by atoms with Crippen LogP contribution in [0.25, 0.3) is 10.8 Å².